The van der Waals surface area contributed by atoms with Crippen LogP contribution >= 0.6 is 23.4 Å². The summed E-state index contributed by atoms with van der Waals surface area (Å²) in [6.07, 6.45) is 0. The summed E-state index contributed by atoms with van der Waals surface area (Å²) in [6, 6.07) is 12.4. The van der Waals surface area contributed by atoms with Crippen LogP contribution in [0.4, 0.5) is 0 Å². The number of fused-ring (bicyclic) bond motifs is 1. The van der Waals surface area contributed by atoms with Gasteiger partial charge in [-0.25, -0.2) is 0 Å². The molecule has 4 rings (SSSR count). The highest BCUT2D eigenvalue weighted by molar-refractivity contribution is 7.99. The van der Waals surface area contributed by atoms with E-state index in [4.69, 9.17) is 25.8 Å². The van der Waals surface area contributed by atoms with Gasteiger partial charge in [0.25, 0.3) is 5.91 Å². The van der Waals surface area contributed by atoms with Crippen LogP contribution in [-0.4, -0.2) is 39.8 Å². The van der Waals surface area contributed by atoms with Gasteiger partial charge in [0, 0.05) is 22.9 Å². The standard InChI is InChI=1S/C21H21ClN4O4S/c1-2-26-19(12-23-20(27)14-3-8-17-18(11-14)30-13-29-17)24-25-21(26)31-10-9-28-16-6-4-15(22)5-7-16/h3-8,11H,2,9-10,12-13H2,1H3,(H,23,27). The van der Waals surface area contributed by atoms with Crippen LogP contribution in [-0.2, 0) is 13.1 Å². The van der Waals surface area contributed by atoms with E-state index in [-0.39, 0.29) is 19.2 Å². The first-order valence-electron chi connectivity index (χ1n) is 9.75. The topological polar surface area (TPSA) is 87.5 Å². The minimum atomic E-state index is -0.213. The van der Waals surface area contributed by atoms with Crippen molar-refractivity contribution in [1.82, 2.24) is 20.1 Å². The van der Waals surface area contributed by atoms with Gasteiger partial charge in [-0.15, -0.1) is 10.2 Å². The van der Waals surface area contributed by atoms with Crippen molar-refractivity contribution in [2.75, 3.05) is 19.2 Å². The molecule has 8 nitrogen and oxygen atoms in total. The molecule has 1 aromatic heterocycles. The number of benzene rings is 2. The maximum Gasteiger partial charge on any atom is 0.251 e. The van der Waals surface area contributed by atoms with Crippen molar-refractivity contribution in [3.05, 3.63) is 58.9 Å². The van der Waals surface area contributed by atoms with Crippen LogP contribution in [0.1, 0.15) is 23.1 Å². The van der Waals surface area contributed by atoms with Crippen molar-refractivity contribution >= 4 is 29.3 Å². The lowest BCUT2D eigenvalue weighted by atomic mass is 10.2. The lowest BCUT2D eigenvalue weighted by Crippen LogP contribution is -2.24. The minimum Gasteiger partial charge on any atom is -0.493 e. The van der Waals surface area contributed by atoms with E-state index in [2.05, 4.69) is 15.5 Å². The molecule has 162 valence electrons. The van der Waals surface area contributed by atoms with Crippen molar-refractivity contribution in [3.63, 3.8) is 0 Å². The number of hydrogen-bond donors (Lipinski definition) is 1. The third-order valence-corrected chi connectivity index (χ3v) is 5.73. The average Bonchev–Trinajstić information content (AvgIpc) is 3.42. The van der Waals surface area contributed by atoms with Gasteiger partial charge in [-0.3, -0.25) is 4.79 Å². The zero-order chi connectivity index (χ0) is 21.6. The number of carbonyl (C=O) groups is 1. The summed E-state index contributed by atoms with van der Waals surface area (Å²) >= 11 is 7.43. The Morgan fingerprint density at radius 2 is 2.00 bits per heavy atom. The Morgan fingerprint density at radius 1 is 1.19 bits per heavy atom. The summed E-state index contributed by atoms with van der Waals surface area (Å²) in [4.78, 5) is 12.5. The second-order valence-electron chi connectivity index (χ2n) is 6.54. The molecule has 0 unspecified atom stereocenters. The molecule has 0 atom stereocenters. The number of hydrogen-bond acceptors (Lipinski definition) is 7. The van der Waals surface area contributed by atoms with E-state index in [9.17, 15) is 4.79 Å². The SMILES string of the molecule is CCn1c(CNC(=O)c2ccc3c(c2)OCO3)nnc1SCCOc1ccc(Cl)cc1. The fourth-order valence-electron chi connectivity index (χ4n) is 3.00. The predicted molar refractivity (Wildman–Crippen MR) is 117 cm³/mol. The molecular formula is C21H21ClN4O4S. The molecule has 0 fully saturated rings. The van der Waals surface area contributed by atoms with E-state index < -0.39 is 0 Å². The summed E-state index contributed by atoms with van der Waals surface area (Å²) in [5.74, 6) is 3.18. The Bertz CT molecular complexity index is 1060. The first kappa shape index (κ1) is 21.3. The number of aromatic nitrogens is 3. The summed E-state index contributed by atoms with van der Waals surface area (Å²) in [5, 5.41) is 12.8. The highest BCUT2D eigenvalue weighted by Gasteiger charge is 2.17. The van der Waals surface area contributed by atoms with Gasteiger partial charge in [0.15, 0.2) is 22.5 Å². The number of halogens is 1. The Balaban J connectivity index is 1.29. The molecule has 0 bridgehead atoms. The summed E-state index contributed by atoms with van der Waals surface area (Å²) in [5.41, 5.74) is 0.501. The maximum absolute atomic E-state index is 12.5. The van der Waals surface area contributed by atoms with Gasteiger partial charge >= 0.3 is 0 Å². The van der Waals surface area contributed by atoms with Crippen molar-refractivity contribution < 1.29 is 19.0 Å². The number of thioether (sulfide) groups is 1. The third kappa shape index (κ3) is 5.23. The van der Waals surface area contributed by atoms with Crippen LogP contribution in [0.25, 0.3) is 0 Å². The zero-order valence-electron chi connectivity index (χ0n) is 16.8. The van der Waals surface area contributed by atoms with Gasteiger partial charge in [0.1, 0.15) is 5.75 Å². The second kappa shape index (κ2) is 9.93. The third-order valence-electron chi connectivity index (χ3n) is 4.55. The molecule has 2 aromatic carbocycles. The number of ether oxygens (including phenoxy) is 3. The molecule has 1 amide bonds. The fourth-order valence-corrected chi connectivity index (χ4v) is 3.96. The molecule has 2 heterocycles. The number of nitrogens with zero attached hydrogens (tertiary/aromatic N) is 3. The Labute approximate surface area is 188 Å². The van der Waals surface area contributed by atoms with Crippen molar-refractivity contribution in [2.45, 2.75) is 25.2 Å². The average molecular weight is 461 g/mol. The molecule has 10 heteroatoms. The van der Waals surface area contributed by atoms with Crippen LogP contribution in [0.2, 0.25) is 5.02 Å². The maximum atomic E-state index is 12.5. The van der Waals surface area contributed by atoms with Crippen LogP contribution in [0, 0.1) is 0 Å². The Morgan fingerprint density at radius 3 is 2.81 bits per heavy atom. The molecule has 1 N–H and O–H groups in total. The molecule has 0 aliphatic carbocycles. The Kier molecular flexibility index (Phi) is 6.83. The molecular weight excluding hydrogens is 440 g/mol. The molecule has 31 heavy (non-hydrogen) atoms. The van der Waals surface area contributed by atoms with Gasteiger partial charge < -0.3 is 24.1 Å². The van der Waals surface area contributed by atoms with Crippen LogP contribution in [0.3, 0.4) is 0 Å². The minimum absolute atomic E-state index is 0.172. The lowest BCUT2D eigenvalue weighted by molar-refractivity contribution is 0.0949. The number of carbonyl (C=O) groups excluding carboxylic acids is 1. The lowest BCUT2D eigenvalue weighted by Gasteiger charge is -2.09. The van der Waals surface area contributed by atoms with Crippen molar-refractivity contribution in [1.29, 1.82) is 0 Å². The van der Waals surface area contributed by atoms with E-state index in [1.54, 1.807) is 42.1 Å². The van der Waals surface area contributed by atoms with Gasteiger partial charge in [-0.05, 0) is 49.4 Å². The first-order chi connectivity index (χ1) is 15.1. The van der Waals surface area contributed by atoms with E-state index in [0.717, 1.165) is 10.9 Å². The molecule has 3 aromatic rings. The van der Waals surface area contributed by atoms with Crippen LogP contribution in [0.5, 0.6) is 17.2 Å². The molecule has 1 aliphatic rings. The largest absolute Gasteiger partial charge is 0.493 e. The second-order valence-corrected chi connectivity index (χ2v) is 8.04. The number of amides is 1. The molecule has 1 aliphatic heterocycles. The number of nitrogens with one attached hydrogen (secondary N) is 1. The predicted octanol–water partition coefficient (Wildman–Crippen LogP) is 3.78. The highest BCUT2D eigenvalue weighted by Crippen LogP contribution is 2.32. The van der Waals surface area contributed by atoms with E-state index >= 15 is 0 Å². The summed E-state index contributed by atoms with van der Waals surface area (Å²) < 4.78 is 18.3. The Hall–Kier alpha value is -2.91. The van der Waals surface area contributed by atoms with Crippen LogP contribution in [0.15, 0.2) is 47.6 Å². The van der Waals surface area contributed by atoms with Gasteiger partial charge in [-0.2, -0.15) is 0 Å². The molecule has 0 radical (unpaired) electrons. The van der Waals surface area contributed by atoms with Gasteiger partial charge in [0.2, 0.25) is 6.79 Å². The van der Waals surface area contributed by atoms with Crippen LogP contribution < -0.4 is 19.5 Å². The van der Waals surface area contributed by atoms with E-state index in [1.807, 2.05) is 23.6 Å². The van der Waals surface area contributed by atoms with Crippen molar-refractivity contribution in [2.24, 2.45) is 0 Å². The van der Waals surface area contributed by atoms with E-state index in [1.165, 1.54) is 0 Å². The first-order valence-corrected chi connectivity index (χ1v) is 11.1. The zero-order valence-corrected chi connectivity index (χ0v) is 18.4. The fraction of sp³-hybridized carbons (Fsp3) is 0.286. The summed E-state index contributed by atoms with van der Waals surface area (Å²) in [6.45, 7) is 3.68. The van der Waals surface area contributed by atoms with Gasteiger partial charge in [-0.1, -0.05) is 23.4 Å². The summed E-state index contributed by atoms with van der Waals surface area (Å²) in [7, 11) is 0. The van der Waals surface area contributed by atoms with Crippen molar-refractivity contribution in [3.8, 4) is 17.2 Å². The van der Waals surface area contributed by atoms with E-state index in [0.29, 0.717) is 46.8 Å². The molecule has 0 saturated carbocycles. The number of rotatable bonds is 9. The quantitative estimate of drug-likeness (QED) is 0.384. The highest BCUT2D eigenvalue weighted by atomic mass is 35.5. The normalized spacial score (nSPS) is 12.1. The molecule has 0 saturated heterocycles. The van der Waals surface area contributed by atoms with Gasteiger partial charge in [0.05, 0.1) is 13.2 Å². The smallest absolute Gasteiger partial charge is 0.251 e. The molecule has 0 spiro atoms. The monoisotopic (exact) mass is 460 g/mol.